The minimum absolute atomic E-state index is 0.148. The summed E-state index contributed by atoms with van der Waals surface area (Å²) in [5, 5.41) is 14.3. The monoisotopic (exact) mass is 398 g/mol. The van der Waals surface area contributed by atoms with Crippen LogP contribution in [0.5, 0.6) is 0 Å². The molecule has 0 aromatic carbocycles. The molecule has 0 fully saturated rings. The number of carbonyl (C=O) groups is 1. The van der Waals surface area contributed by atoms with E-state index < -0.39 is 0 Å². The second kappa shape index (κ2) is 8.14. The van der Waals surface area contributed by atoms with Crippen molar-refractivity contribution in [1.29, 1.82) is 0 Å². The van der Waals surface area contributed by atoms with Crippen molar-refractivity contribution in [3.8, 4) is 11.4 Å². The van der Waals surface area contributed by atoms with Gasteiger partial charge in [-0.05, 0) is 24.3 Å². The second-order valence-electron chi connectivity index (χ2n) is 5.39. The predicted octanol–water partition coefficient (Wildman–Crippen LogP) is 3.17. The standard InChI is InChI=1S/C17H14N6O2S2/c24-14(20-16-19-6-8-26-16)11-27-17-22-21-15(12-3-1-5-18-9-12)23(17)10-13-4-2-7-25-13/h1-9H,10-11H2,(H,19,20,24). The Labute approximate surface area is 162 Å². The first-order valence-electron chi connectivity index (χ1n) is 7.98. The number of pyridine rings is 1. The quantitative estimate of drug-likeness (QED) is 0.477. The summed E-state index contributed by atoms with van der Waals surface area (Å²) in [5.41, 5.74) is 0.843. The van der Waals surface area contributed by atoms with E-state index in [0.29, 0.717) is 22.7 Å². The first-order chi connectivity index (χ1) is 13.3. The number of hydrogen-bond acceptors (Lipinski definition) is 8. The third kappa shape index (κ3) is 4.23. The molecule has 0 atom stereocenters. The van der Waals surface area contributed by atoms with Crippen molar-refractivity contribution < 1.29 is 9.21 Å². The van der Waals surface area contributed by atoms with E-state index in [2.05, 4.69) is 25.5 Å². The summed E-state index contributed by atoms with van der Waals surface area (Å²) in [6, 6.07) is 7.48. The van der Waals surface area contributed by atoms with Gasteiger partial charge in [0.15, 0.2) is 16.1 Å². The van der Waals surface area contributed by atoms with Crippen molar-refractivity contribution in [2.45, 2.75) is 11.7 Å². The van der Waals surface area contributed by atoms with Gasteiger partial charge in [0.05, 0.1) is 18.6 Å². The maximum Gasteiger partial charge on any atom is 0.236 e. The van der Waals surface area contributed by atoms with Crippen LogP contribution in [0.25, 0.3) is 11.4 Å². The van der Waals surface area contributed by atoms with E-state index >= 15 is 0 Å². The Hall–Kier alpha value is -2.98. The van der Waals surface area contributed by atoms with E-state index in [1.54, 1.807) is 24.9 Å². The summed E-state index contributed by atoms with van der Waals surface area (Å²) < 4.78 is 7.37. The summed E-state index contributed by atoms with van der Waals surface area (Å²) in [5.74, 6) is 1.49. The maximum absolute atomic E-state index is 12.1. The molecule has 0 spiro atoms. The molecule has 27 heavy (non-hydrogen) atoms. The van der Waals surface area contributed by atoms with Gasteiger partial charge in [-0.15, -0.1) is 21.5 Å². The van der Waals surface area contributed by atoms with Crippen LogP contribution in [0.4, 0.5) is 5.13 Å². The predicted molar refractivity (Wildman–Crippen MR) is 103 cm³/mol. The average Bonchev–Trinajstić information content (AvgIpc) is 3.44. The van der Waals surface area contributed by atoms with Crippen LogP contribution in [-0.2, 0) is 11.3 Å². The Morgan fingerprint density at radius 2 is 2.22 bits per heavy atom. The van der Waals surface area contributed by atoms with E-state index in [1.807, 2.05) is 34.2 Å². The molecule has 0 saturated carbocycles. The van der Waals surface area contributed by atoms with Crippen LogP contribution < -0.4 is 5.32 Å². The fourth-order valence-corrected chi connectivity index (χ4v) is 3.66. The highest BCUT2D eigenvalue weighted by Gasteiger charge is 2.17. The molecule has 4 aromatic heterocycles. The first-order valence-corrected chi connectivity index (χ1v) is 9.84. The zero-order valence-electron chi connectivity index (χ0n) is 14.0. The molecule has 8 nitrogen and oxygen atoms in total. The third-order valence-corrected chi connectivity index (χ3v) is 5.20. The number of thioether (sulfide) groups is 1. The molecular weight excluding hydrogens is 384 g/mol. The lowest BCUT2D eigenvalue weighted by atomic mass is 10.2. The summed E-state index contributed by atoms with van der Waals surface area (Å²) >= 11 is 2.68. The van der Waals surface area contributed by atoms with Gasteiger partial charge in [0.2, 0.25) is 5.91 Å². The number of furan rings is 1. The first kappa shape index (κ1) is 17.4. The number of amides is 1. The van der Waals surface area contributed by atoms with Gasteiger partial charge in [-0.25, -0.2) is 4.98 Å². The molecular formula is C17H14N6O2S2. The largest absolute Gasteiger partial charge is 0.467 e. The van der Waals surface area contributed by atoms with Crippen LogP contribution in [0.15, 0.2) is 64.1 Å². The lowest BCUT2D eigenvalue weighted by Gasteiger charge is -2.08. The third-order valence-electron chi connectivity index (χ3n) is 3.54. The van der Waals surface area contributed by atoms with Crippen LogP contribution >= 0.6 is 23.1 Å². The molecule has 0 aliphatic carbocycles. The molecule has 0 saturated heterocycles. The SMILES string of the molecule is O=C(CSc1nnc(-c2cccnc2)n1Cc1ccco1)Nc1nccs1. The molecule has 10 heteroatoms. The zero-order chi connectivity index (χ0) is 18.5. The molecule has 136 valence electrons. The number of rotatable bonds is 7. The number of aromatic nitrogens is 5. The van der Waals surface area contributed by atoms with E-state index in [1.165, 1.54) is 23.1 Å². The molecule has 1 amide bonds. The van der Waals surface area contributed by atoms with Gasteiger partial charge >= 0.3 is 0 Å². The Kier molecular flexibility index (Phi) is 5.26. The summed E-state index contributed by atoms with van der Waals surface area (Å²) in [7, 11) is 0. The maximum atomic E-state index is 12.1. The van der Waals surface area contributed by atoms with E-state index in [0.717, 1.165) is 11.3 Å². The summed E-state index contributed by atoms with van der Waals surface area (Å²) in [4.78, 5) is 20.3. The van der Waals surface area contributed by atoms with Gasteiger partial charge in [0, 0.05) is 29.5 Å². The van der Waals surface area contributed by atoms with Crippen molar-refractivity contribution in [1.82, 2.24) is 24.7 Å². The van der Waals surface area contributed by atoms with Gasteiger partial charge in [0.25, 0.3) is 0 Å². The lowest BCUT2D eigenvalue weighted by molar-refractivity contribution is -0.113. The van der Waals surface area contributed by atoms with Gasteiger partial charge in [-0.1, -0.05) is 11.8 Å². The van der Waals surface area contributed by atoms with Crippen LogP contribution in [0.2, 0.25) is 0 Å². The van der Waals surface area contributed by atoms with Crippen molar-refractivity contribution in [3.63, 3.8) is 0 Å². The number of nitrogens with zero attached hydrogens (tertiary/aromatic N) is 5. The normalized spacial score (nSPS) is 10.8. The lowest BCUT2D eigenvalue weighted by Crippen LogP contribution is -2.14. The molecule has 4 heterocycles. The van der Waals surface area contributed by atoms with Crippen molar-refractivity contribution in [2.75, 3.05) is 11.1 Å². The van der Waals surface area contributed by atoms with Gasteiger partial charge in [-0.2, -0.15) is 0 Å². The Morgan fingerprint density at radius 1 is 1.26 bits per heavy atom. The number of thiazole rings is 1. The minimum atomic E-state index is -0.148. The molecule has 0 aliphatic rings. The number of nitrogens with one attached hydrogen (secondary N) is 1. The Balaban J connectivity index is 1.54. The minimum Gasteiger partial charge on any atom is -0.467 e. The highest BCUT2D eigenvalue weighted by molar-refractivity contribution is 7.99. The van der Waals surface area contributed by atoms with Crippen molar-refractivity contribution in [3.05, 3.63) is 60.3 Å². The van der Waals surface area contributed by atoms with Gasteiger partial charge in [0.1, 0.15) is 5.76 Å². The fraction of sp³-hybridized carbons (Fsp3) is 0.118. The van der Waals surface area contributed by atoms with Crippen LogP contribution in [0, 0.1) is 0 Å². The van der Waals surface area contributed by atoms with Crippen molar-refractivity contribution in [2.24, 2.45) is 0 Å². The van der Waals surface area contributed by atoms with Gasteiger partial charge in [-0.3, -0.25) is 14.3 Å². The molecule has 0 aliphatic heterocycles. The number of anilines is 1. The van der Waals surface area contributed by atoms with E-state index in [-0.39, 0.29) is 11.7 Å². The zero-order valence-corrected chi connectivity index (χ0v) is 15.6. The summed E-state index contributed by atoms with van der Waals surface area (Å²) in [6.45, 7) is 0.459. The smallest absolute Gasteiger partial charge is 0.236 e. The molecule has 1 N–H and O–H groups in total. The van der Waals surface area contributed by atoms with Gasteiger partial charge < -0.3 is 9.73 Å². The van der Waals surface area contributed by atoms with Crippen LogP contribution in [0.3, 0.4) is 0 Å². The Morgan fingerprint density at radius 3 is 2.96 bits per heavy atom. The number of carbonyl (C=O) groups excluding carboxylic acids is 1. The highest BCUT2D eigenvalue weighted by atomic mass is 32.2. The molecule has 0 radical (unpaired) electrons. The average molecular weight is 398 g/mol. The highest BCUT2D eigenvalue weighted by Crippen LogP contribution is 2.25. The summed E-state index contributed by atoms with van der Waals surface area (Å²) in [6.07, 6.45) is 6.70. The van der Waals surface area contributed by atoms with Crippen LogP contribution in [-0.4, -0.2) is 36.4 Å². The molecule has 0 bridgehead atoms. The van der Waals surface area contributed by atoms with E-state index in [4.69, 9.17) is 4.42 Å². The van der Waals surface area contributed by atoms with Crippen molar-refractivity contribution >= 4 is 34.1 Å². The topological polar surface area (TPSA) is 98.7 Å². The molecule has 4 aromatic rings. The molecule has 4 rings (SSSR count). The Bertz CT molecular complexity index is 1000. The fourth-order valence-electron chi connectivity index (χ4n) is 2.38. The van der Waals surface area contributed by atoms with E-state index in [9.17, 15) is 4.79 Å². The molecule has 0 unspecified atom stereocenters. The second-order valence-corrected chi connectivity index (χ2v) is 7.22. The number of hydrogen-bond donors (Lipinski definition) is 1. The van der Waals surface area contributed by atoms with Crippen LogP contribution in [0.1, 0.15) is 5.76 Å².